The van der Waals surface area contributed by atoms with Gasteiger partial charge in [0.15, 0.2) is 0 Å². The average molecular weight is 845 g/mol. The number of esters is 2. The molecule has 0 amide bonds. The first-order valence-electron chi connectivity index (χ1n) is 25.4. The van der Waals surface area contributed by atoms with Crippen molar-refractivity contribution in [1.29, 1.82) is 0 Å². The van der Waals surface area contributed by atoms with Crippen molar-refractivity contribution < 1.29 is 38.9 Å². The van der Waals surface area contributed by atoms with E-state index in [1.54, 1.807) is 0 Å². The molecule has 0 aromatic rings. The first kappa shape index (κ1) is 55.4. The number of hydrogen-bond donors (Lipinski definition) is 2. The zero-order valence-corrected chi connectivity index (χ0v) is 38.5. The topological polar surface area (TPSA) is 127 Å². The summed E-state index contributed by atoms with van der Waals surface area (Å²) < 4.78 is 9.98. The number of rotatable bonds is 44. The van der Waals surface area contributed by atoms with E-state index in [0.29, 0.717) is 0 Å². The molecule has 1 saturated carbocycles. The molecule has 0 bridgehead atoms. The Morgan fingerprint density at radius 3 is 0.867 bits per heavy atom. The van der Waals surface area contributed by atoms with Gasteiger partial charge in [-0.05, 0) is 37.5 Å². The Bertz CT molecular complexity index is 992. The zero-order valence-electron chi connectivity index (χ0n) is 38.5. The Kier molecular flexibility index (Phi) is 39.7. The summed E-state index contributed by atoms with van der Waals surface area (Å²) in [7, 11) is 0. The van der Waals surface area contributed by atoms with Gasteiger partial charge in [0.2, 0.25) is 0 Å². The fourth-order valence-electron chi connectivity index (χ4n) is 8.66. The van der Waals surface area contributed by atoms with E-state index in [2.05, 4.69) is 12.2 Å². The number of allylic oxidation sites excluding steroid dienone is 2. The molecule has 0 heterocycles. The number of unbranched alkanes of at least 4 members (excludes halogenated alkanes) is 28. The summed E-state index contributed by atoms with van der Waals surface area (Å²) in [4.78, 5) is 43.6. The third-order valence-electron chi connectivity index (χ3n) is 12.5. The van der Waals surface area contributed by atoms with Crippen molar-refractivity contribution in [3.05, 3.63) is 24.3 Å². The van der Waals surface area contributed by atoms with Crippen LogP contribution in [-0.2, 0) is 28.7 Å². The van der Waals surface area contributed by atoms with Gasteiger partial charge < -0.3 is 19.7 Å². The Hall–Kier alpha value is -2.64. The van der Waals surface area contributed by atoms with E-state index in [1.807, 2.05) is 12.2 Å². The Labute approximate surface area is 367 Å². The Morgan fingerprint density at radius 1 is 0.350 bits per heavy atom. The highest BCUT2D eigenvalue weighted by atomic mass is 16.5. The molecule has 60 heavy (non-hydrogen) atoms. The lowest BCUT2D eigenvalue weighted by atomic mass is 9.78. The van der Waals surface area contributed by atoms with Gasteiger partial charge in [0.05, 0.1) is 25.7 Å². The molecule has 0 atom stereocenters. The van der Waals surface area contributed by atoms with E-state index in [4.69, 9.17) is 19.7 Å². The van der Waals surface area contributed by atoms with E-state index in [0.717, 1.165) is 24.7 Å². The van der Waals surface area contributed by atoms with E-state index < -0.39 is 23.9 Å². The fourth-order valence-corrected chi connectivity index (χ4v) is 8.66. The highest BCUT2D eigenvalue weighted by Crippen LogP contribution is 2.34. The molecule has 0 spiro atoms. The molecule has 0 unspecified atom stereocenters. The second-order valence-corrected chi connectivity index (χ2v) is 18.0. The van der Waals surface area contributed by atoms with Gasteiger partial charge in [-0.3, -0.25) is 19.2 Å². The summed E-state index contributed by atoms with van der Waals surface area (Å²) >= 11 is 0. The van der Waals surface area contributed by atoms with Gasteiger partial charge in [0, 0.05) is 0 Å². The van der Waals surface area contributed by atoms with Crippen LogP contribution in [0.2, 0.25) is 0 Å². The van der Waals surface area contributed by atoms with Crippen LogP contribution >= 0.6 is 0 Å². The molecule has 0 aromatic heterocycles. The largest absolute Gasteiger partial charge is 0.481 e. The lowest BCUT2D eigenvalue weighted by molar-refractivity contribution is -0.146. The van der Waals surface area contributed by atoms with Gasteiger partial charge in [-0.25, -0.2) is 0 Å². The molecule has 1 rings (SSSR count). The van der Waals surface area contributed by atoms with Crippen LogP contribution in [0.5, 0.6) is 0 Å². The number of ether oxygens (including phenoxy) is 2. The van der Waals surface area contributed by atoms with Crippen LogP contribution in [0.3, 0.4) is 0 Å². The molecule has 1 aliphatic carbocycles. The SMILES string of the molecule is O=C(O)CCC(=O)OC/C=C/CCCCCCCCCCCCCCCCC1CCC(CCCCCCCCCCCCCCCC/C=C/COC(=O)CCC(=O)O)CC1. The first-order chi connectivity index (χ1) is 29.4. The standard InChI is InChI=1S/C52H92O8/c53-49(54)41-43-51(57)59-45-33-29-25-21-17-13-9-5-1-3-7-11-15-19-23-27-31-35-47-37-39-48(40-38-47)36-32-28-24-20-16-12-8-4-2-6-10-14-18-22-26-30-34-46-60-52(58)44-42-50(55)56/h29-30,33-34,47-48H,1-28,31-32,35-46H2,(H,53,54)(H,55,56)/b33-29+,34-30+. The van der Waals surface area contributed by atoms with Crippen LogP contribution in [-0.4, -0.2) is 47.3 Å². The minimum Gasteiger partial charge on any atom is -0.481 e. The lowest BCUT2D eigenvalue weighted by Crippen LogP contribution is -2.14. The van der Waals surface area contributed by atoms with Crippen LogP contribution in [0.1, 0.15) is 257 Å². The van der Waals surface area contributed by atoms with E-state index in [1.165, 1.54) is 218 Å². The molecule has 0 radical (unpaired) electrons. The fraction of sp³-hybridized carbons (Fsp3) is 0.846. The third kappa shape index (κ3) is 40.7. The minimum atomic E-state index is -0.974. The molecular formula is C52H92O8. The van der Waals surface area contributed by atoms with Crippen molar-refractivity contribution in [3.63, 3.8) is 0 Å². The number of carbonyl (C=O) groups excluding carboxylic acids is 2. The second-order valence-electron chi connectivity index (χ2n) is 18.0. The Morgan fingerprint density at radius 2 is 0.600 bits per heavy atom. The van der Waals surface area contributed by atoms with Gasteiger partial charge in [-0.1, -0.05) is 230 Å². The monoisotopic (exact) mass is 845 g/mol. The van der Waals surface area contributed by atoms with Crippen LogP contribution in [0.4, 0.5) is 0 Å². The Balaban J connectivity index is 1.73. The first-order valence-corrected chi connectivity index (χ1v) is 25.4. The van der Waals surface area contributed by atoms with Crippen LogP contribution < -0.4 is 0 Å². The van der Waals surface area contributed by atoms with Gasteiger partial charge >= 0.3 is 23.9 Å². The maximum atomic E-state index is 11.4. The van der Waals surface area contributed by atoms with E-state index >= 15 is 0 Å². The van der Waals surface area contributed by atoms with Gasteiger partial charge in [0.25, 0.3) is 0 Å². The number of hydrogen-bond acceptors (Lipinski definition) is 6. The third-order valence-corrected chi connectivity index (χ3v) is 12.5. The van der Waals surface area contributed by atoms with Crippen molar-refractivity contribution in [1.82, 2.24) is 0 Å². The van der Waals surface area contributed by atoms with Crippen molar-refractivity contribution in [3.8, 4) is 0 Å². The van der Waals surface area contributed by atoms with Crippen molar-refractivity contribution in [2.45, 2.75) is 257 Å². The summed E-state index contributed by atoms with van der Waals surface area (Å²) in [5.41, 5.74) is 0. The number of carboxylic acids is 2. The highest BCUT2D eigenvalue weighted by molar-refractivity contribution is 5.77. The summed E-state index contributed by atoms with van der Waals surface area (Å²) in [6, 6.07) is 0. The van der Waals surface area contributed by atoms with Crippen molar-refractivity contribution >= 4 is 23.9 Å². The number of carboxylic acid groups (broad SMARTS) is 2. The maximum Gasteiger partial charge on any atom is 0.306 e. The van der Waals surface area contributed by atoms with Crippen LogP contribution in [0.15, 0.2) is 24.3 Å². The lowest BCUT2D eigenvalue weighted by Gasteiger charge is -2.28. The molecule has 348 valence electrons. The zero-order chi connectivity index (χ0) is 43.4. The normalized spacial score (nSPS) is 15.5. The van der Waals surface area contributed by atoms with Crippen molar-refractivity contribution in [2.24, 2.45) is 11.8 Å². The molecule has 0 saturated heterocycles. The summed E-state index contributed by atoms with van der Waals surface area (Å²) in [6.07, 6.45) is 56.9. The molecule has 8 heteroatoms. The van der Waals surface area contributed by atoms with Crippen LogP contribution in [0.25, 0.3) is 0 Å². The predicted molar refractivity (Wildman–Crippen MR) is 247 cm³/mol. The molecule has 1 fully saturated rings. The molecular weight excluding hydrogens is 753 g/mol. The van der Waals surface area contributed by atoms with Gasteiger partial charge in [-0.2, -0.15) is 0 Å². The quantitative estimate of drug-likeness (QED) is 0.0353. The van der Waals surface area contributed by atoms with Crippen LogP contribution in [0, 0.1) is 11.8 Å². The van der Waals surface area contributed by atoms with Gasteiger partial charge in [-0.15, -0.1) is 0 Å². The summed E-state index contributed by atoms with van der Waals surface area (Å²) in [5, 5.41) is 17.1. The van der Waals surface area contributed by atoms with Gasteiger partial charge in [0.1, 0.15) is 13.2 Å². The smallest absolute Gasteiger partial charge is 0.306 e. The maximum absolute atomic E-state index is 11.4. The van der Waals surface area contributed by atoms with E-state index in [-0.39, 0.29) is 38.9 Å². The highest BCUT2D eigenvalue weighted by Gasteiger charge is 2.20. The summed E-state index contributed by atoms with van der Waals surface area (Å²) in [6.45, 7) is 0.481. The molecule has 8 nitrogen and oxygen atoms in total. The number of carbonyl (C=O) groups is 4. The van der Waals surface area contributed by atoms with E-state index in [9.17, 15) is 19.2 Å². The molecule has 2 N–H and O–H groups in total. The predicted octanol–water partition coefficient (Wildman–Crippen LogP) is 15.2. The molecule has 1 aliphatic rings. The number of aliphatic carboxylic acids is 2. The molecule has 0 aliphatic heterocycles. The molecule has 0 aromatic carbocycles. The minimum absolute atomic E-state index is 0.0597. The van der Waals surface area contributed by atoms with Crippen molar-refractivity contribution in [2.75, 3.05) is 13.2 Å². The second kappa shape index (κ2) is 43.0. The summed E-state index contributed by atoms with van der Waals surface area (Å²) in [5.74, 6) is -0.801. The average Bonchev–Trinajstić information content (AvgIpc) is 3.23.